The molecule has 0 saturated carbocycles. The molecule has 0 aliphatic carbocycles. The van der Waals surface area contributed by atoms with Crippen molar-refractivity contribution in [3.05, 3.63) is 58.6 Å². The average molecular weight is 337 g/mol. The predicted molar refractivity (Wildman–Crippen MR) is 82.0 cm³/mol. The molecule has 2 aromatic carbocycles. The van der Waals surface area contributed by atoms with Gasteiger partial charge in [-0.3, -0.25) is 0 Å². The Bertz CT molecular complexity index is 529. The second-order valence-corrected chi connectivity index (χ2v) is 4.95. The molecule has 2 aromatic rings. The summed E-state index contributed by atoms with van der Waals surface area (Å²) in [6.07, 6.45) is 0. The molecular formula is C16H17BrO3. The van der Waals surface area contributed by atoms with Crippen LogP contribution in [0.4, 0.5) is 0 Å². The van der Waals surface area contributed by atoms with Gasteiger partial charge in [-0.25, -0.2) is 0 Å². The topological polar surface area (TPSA) is 27.7 Å². The van der Waals surface area contributed by atoms with Gasteiger partial charge in [0.1, 0.15) is 6.61 Å². The Morgan fingerprint density at radius 3 is 2.50 bits per heavy atom. The summed E-state index contributed by atoms with van der Waals surface area (Å²) in [5, 5.41) is 0. The van der Waals surface area contributed by atoms with Crippen molar-refractivity contribution in [2.24, 2.45) is 0 Å². The molecule has 0 atom stereocenters. The Kier molecular flexibility index (Phi) is 5.89. The molecule has 0 fully saturated rings. The highest BCUT2D eigenvalue weighted by molar-refractivity contribution is 9.10. The van der Waals surface area contributed by atoms with Crippen molar-refractivity contribution in [3.63, 3.8) is 0 Å². The molecule has 0 amide bonds. The lowest BCUT2D eigenvalue weighted by atomic mass is 10.2. The van der Waals surface area contributed by atoms with Crippen LogP contribution in [0.25, 0.3) is 0 Å². The Balaban J connectivity index is 2.05. The standard InChI is InChI=1S/C16H17BrO3/c1-2-18-12-20-15-10-6-9-14(17)16(15)19-11-13-7-4-3-5-8-13/h3-10H,2,11-12H2,1H3. The van der Waals surface area contributed by atoms with Crippen LogP contribution in [0, 0.1) is 0 Å². The van der Waals surface area contributed by atoms with Crippen molar-refractivity contribution in [1.29, 1.82) is 0 Å². The zero-order chi connectivity index (χ0) is 14.2. The van der Waals surface area contributed by atoms with E-state index in [-0.39, 0.29) is 6.79 Å². The molecule has 0 radical (unpaired) electrons. The van der Waals surface area contributed by atoms with Gasteiger partial charge in [0, 0.05) is 6.61 Å². The largest absolute Gasteiger partial charge is 0.484 e. The summed E-state index contributed by atoms with van der Waals surface area (Å²) in [6, 6.07) is 15.7. The first-order valence-corrected chi connectivity index (χ1v) is 7.26. The monoisotopic (exact) mass is 336 g/mol. The molecule has 0 spiro atoms. The number of benzene rings is 2. The second kappa shape index (κ2) is 7.92. The number of rotatable bonds is 7. The van der Waals surface area contributed by atoms with Gasteiger partial charge in [0.25, 0.3) is 0 Å². The van der Waals surface area contributed by atoms with E-state index < -0.39 is 0 Å². The van der Waals surface area contributed by atoms with Crippen LogP contribution < -0.4 is 9.47 Å². The van der Waals surface area contributed by atoms with Crippen LogP contribution in [0.15, 0.2) is 53.0 Å². The Morgan fingerprint density at radius 2 is 1.75 bits per heavy atom. The maximum absolute atomic E-state index is 5.86. The molecule has 0 bridgehead atoms. The van der Waals surface area contributed by atoms with Crippen LogP contribution in [0.2, 0.25) is 0 Å². The smallest absolute Gasteiger partial charge is 0.189 e. The Hall–Kier alpha value is -1.52. The number of hydrogen-bond acceptors (Lipinski definition) is 3. The highest BCUT2D eigenvalue weighted by Gasteiger charge is 2.09. The van der Waals surface area contributed by atoms with Crippen LogP contribution in [0.5, 0.6) is 11.5 Å². The highest BCUT2D eigenvalue weighted by Crippen LogP contribution is 2.35. The Morgan fingerprint density at radius 1 is 0.950 bits per heavy atom. The summed E-state index contributed by atoms with van der Waals surface area (Å²) < 4.78 is 17.5. The third-order valence-corrected chi connectivity index (χ3v) is 3.28. The lowest BCUT2D eigenvalue weighted by Gasteiger charge is -2.14. The summed E-state index contributed by atoms with van der Waals surface area (Å²) in [5.74, 6) is 1.36. The number of para-hydroxylation sites is 1. The molecule has 0 aliphatic rings. The molecule has 0 N–H and O–H groups in total. The molecule has 0 unspecified atom stereocenters. The second-order valence-electron chi connectivity index (χ2n) is 4.10. The molecular weight excluding hydrogens is 320 g/mol. The van der Waals surface area contributed by atoms with E-state index >= 15 is 0 Å². The van der Waals surface area contributed by atoms with Crippen LogP contribution in [-0.4, -0.2) is 13.4 Å². The van der Waals surface area contributed by atoms with Gasteiger partial charge in [-0.05, 0) is 40.5 Å². The van der Waals surface area contributed by atoms with Crippen molar-refractivity contribution >= 4 is 15.9 Å². The molecule has 2 rings (SSSR count). The minimum absolute atomic E-state index is 0.217. The fourth-order valence-corrected chi connectivity index (χ4v) is 2.12. The van der Waals surface area contributed by atoms with Crippen LogP contribution >= 0.6 is 15.9 Å². The SMILES string of the molecule is CCOCOc1cccc(Br)c1OCc1ccccc1. The van der Waals surface area contributed by atoms with E-state index in [1.54, 1.807) is 0 Å². The Labute approximate surface area is 127 Å². The number of hydrogen-bond donors (Lipinski definition) is 0. The normalized spacial score (nSPS) is 10.3. The predicted octanol–water partition coefficient (Wildman–Crippen LogP) is 4.40. The molecule has 3 nitrogen and oxygen atoms in total. The summed E-state index contributed by atoms with van der Waals surface area (Å²) in [4.78, 5) is 0. The van der Waals surface area contributed by atoms with Crippen molar-refractivity contribution < 1.29 is 14.2 Å². The van der Waals surface area contributed by atoms with E-state index in [0.717, 1.165) is 10.0 Å². The summed E-state index contributed by atoms with van der Waals surface area (Å²) >= 11 is 3.48. The van der Waals surface area contributed by atoms with Gasteiger partial charge in [0.05, 0.1) is 4.47 Å². The summed E-state index contributed by atoms with van der Waals surface area (Å²) in [6.45, 7) is 3.26. The molecule has 0 heterocycles. The van der Waals surface area contributed by atoms with Gasteiger partial charge in [0.2, 0.25) is 0 Å². The van der Waals surface area contributed by atoms with Crippen molar-refractivity contribution in [1.82, 2.24) is 0 Å². The summed E-state index contributed by atoms with van der Waals surface area (Å²) in [7, 11) is 0. The summed E-state index contributed by atoms with van der Waals surface area (Å²) in [5.41, 5.74) is 1.11. The van der Waals surface area contributed by atoms with E-state index in [4.69, 9.17) is 14.2 Å². The third-order valence-electron chi connectivity index (χ3n) is 2.66. The molecule has 0 saturated heterocycles. The van der Waals surface area contributed by atoms with E-state index in [1.165, 1.54) is 0 Å². The fraction of sp³-hybridized carbons (Fsp3) is 0.250. The number of ether oxygens (including phenoxy) is 3. The lowest BCUT2D eigenvalue weighted by Crippen LogP contribution is -2.04. The molecule has 0 aliphatic heterocycles. The first-order chi connectivity index (χ1) is 9.81. The van der Waals surface area contributed by atoms with E-state index in [0.29, 0.717) is 24.7 Å². The highest BCUT2D eigenvalue weighted by atomic mass is 79.9. The van der Waals surface area contributed by atoms with Gasteiger partial charge in [0.15, 0.2) is 18.3 Å². The van der Waals surface area contributed by atoms with Crippen LogP contribution in [0.3, 0.4) is 0 Å². The maximum Gasteiger partial charge on any atom is 0.189 e. The van der Waals surface area contributed by atoms with Gasteiger partial charge >= 0.3 is 0 Å². The molecule has 4 heteroatoms. The third kappa shape index (κ3) is 4.25. The van der Waals surface area contributed by atoms with Crippen LogP contribution in [-0.2, 0) is 11.3 Å². The zero-order valence-corrected chi connectivity index (χ0v) is 12.9. The zero-order valence-electron chi connectivity index (χ0n) is 11.3. The first kappa shape index (κ1) is 14.9. The molecule has 20 heavy (non-hydrogen) atoms. The van der Waals surface area contributed by atoms with Gasteiger partial charge in [-0.2, -0.15) is 0 Å². The fourth-order valence-electron chi connectivity index (χ4n) is 1.66. The van der Waals surface area contributed by atoms with E-state index in [1.807, 2.05) is 55.5 Å². The average Bonchev–Trinajstić information content (AvgIpc) is 2.48. The van der Waals surface area contributed by atoms with E-state index in [9.17, 15) is 0 Å². The van der Waals surface area contributed by atoms with Gasteiger partial charge in [-0.1, -0.05) is 36.4 Å². The molecule has 0 aromatic heterocycles. The molecule has 106 valence electrons. The van der Waals surface area contributed by atoms with Crippen molar-refractivity contribution in [2.75, 3.05) is 13.4 Å². The van der Waals surface area contributed by atoms with Crippen molar-refractivity contribution in [2.45, 2.75) is 13.5 Å². The minimum atomic E-state index is 0.217. The van der Waals surface area contributed by atoms with Gasteiger partial charge < -0.3 is 14.2 Å². The maximum atomic E-state index is 5.86. The lowest BCUT2D eigenvalue weighted by molar-refractivity contribution is 0.0203. The first-order valence-electron chi connectivity index (χ1n) is 6.47. The minimum Gasteiger partial charge on any atom is -0.484 e. The van der Waals surface area contributed by atoms with Crippen molar-refractivity contribution in [3.8, 4) is 11.5 Å². The number of halogens is 1. The quantitative estimate of drug-likeness (QED) is 0.554. The van der Waals surface area contributed by atoms with Crippen LogP contribution in [0.1, 0.15) is 12.5 Å². The van der Waals surface area contributed by atoms with E-state index in [2.05, 4.69) is 15.9 Å². The van der Waals surface area contributed by atoms with Gasteiger partial charge in [-0.15, -0.1) is 0 Å².